The van der Waals surface area contributed by atoms with Crippen LogP contribution in [-0.4, -0.2) is 32.2 Å². The second kappa shape index (κ2) is 4.77. The first-order chi connectivity index (χ1) is 7.97. The Bertz CT molecular complexity index is 360. The van der Waals surface area contributed by atoms with Crippen molar-refractivity contribution in [2.24, 2.45) is 5.92 Å². The maximum Gasteiger partial charge on any atom is 0.228 e. The minimum absolute atomic E-state index is 0.00489. The average molecular weight is 271 g/mol. The van der Waals surface area contributed by atoms with E-state index in [1.807, 2.05) is 6.92 Å². The molecule has 0 spiro atoms. The lowest BCUT2D eigenvalue weighted by Gasteiger charge is -2.44. The number of hydrogen-bond donors (Lipinski definition) is 1. The summed E-state index contributed by atoms with van der Waals surface area (Å²) in [4.78, 5) is 23.0. The molecule has 18 heavy (non-hydrogen) atoms. The molecular formula is C13H25NO3Si. The van der Waals surface area contributed by atoms with Crippen molar-refractivity contribution in [1.29, 1.82) is 0 Å². The van der Waals surface area contributed by atoms with Gasteiger partial charge in [-0.3, -0.25) is 9.59 Å². The summed E-state index contributed by atoms with van der Waals surface area (Å²) in [5.41, 5.74) is 0. The molecule has 1 aliphatic heterocycles. The summed E-state index contributed by atoms with van der Waals surface area (Å²) in [5.74, 6) is -0.386. The Labute approximate surface area is 111 Å². The van der Waals surface area contributed by atoms with Crippen LogP contribution in [0, 0.1) is 5.92 Å². The van der Waals surface area contributed by atoms with Gasteiger partial charge in [0.05, 0.1) is 12.0 Å². The number of nitrogens with one attached hydrogen (secondary N) is 1. The molecule has 0 aromatic rings. The Balaban J connectivity index is 2.74. The highest BCUT2D eigenvalue weighted by Gasteiger charge is 2.48. The molecule has 1 fully saturated rings. The van der Waals surface area contributed by atoms with E-state index in [4.69, 9.17) is 4.43 Å². The van der Waals surface area contributed by atoms with E-state index in [2.05, 4.69) is 39.2 Å². The highest BCUT2D eigenvalue weighted by molar-refractivity contribution is 6.74. The van der Waals surface area contributed by atoms with Gasteiger partial charge >= 0.3 is 0 Å². The summed E-state index contributed by atoms with van der Waals surface area (Å²) >= 11 is 0. The van der Waals surface area contributed by atoms with Gasteiger partial charge < -0.3 is 9.74 Å². The minimum atomic E-state index is -1.90. The van der Waals surface area contributed by atoms with Gasteiger partial charge in [-0.1, -0.05) is 20.8 Å². The molecule has 1 heterocycles. The molecular weight excluding hydrogens is 246 g/mol. The molecule has 1 rings (SSSR count). The lowest BCUT2D eigenvalue weighted by molar-refractivity contribution is -0.146. The summed E-state index contributed by atoms with van der Waals surface area (Å²) in [5, 5.41) is 2.75. The van der Waals surface area contributed by atoms with Crippen LogP contribution in [0.5, 0.6) is 0 Å². The number of ketones is 1. The number of amides is 1. The third-order valence-electron chi connectivity index (χ3n) is 4.19. The van der Waals surface area contributed by atoms with Crippen molar-refractivity contribution in [2.45, 2.75) is 64.9 Å². The molecule has 0 saturated carbocycles. The Kier molecular flexibility index (Phi) is 4.08. The van der Waals surface area contributed by atoms with E-state index < -0.39 is 8.32 Å². The van der Waals surface area contributed by atoms with Gasteiger partial charge in [0, 0.05) is 0 Å². The zero-order chi connectivity index (χ0) is 14.3. The van der Waals surface area contributed by atoms with Gasteiger partial charge in [0.1, 0.15) is 6.04 Å². The minimum Gasteiger partial charge on any atom is -0.413 e. The molecule has 0 bridgehead atoms. The van der Waals surface area contributed by atoms with Crippen molar-refractivity contribution < 1.29 is 14.0 Å². The van der Waals surface area contributed by atoms with Crippen LogP contribution in [0.4, 0.5) is 0 Å². The fourth-order valence-electron chi connectivity index (χ4n) is 1.95. The molecule has 4 nitrogen and oxygen atoms in total. The number of β-lactam (4-membered cyclic amide) rings is 1. The second-order valence-electron chi connectivity index (χ2n) is 6.71. The first kappa shape index (κ1) is 15.4. The molecule has 1 saturated heterocycles. The van der Waals surface area contributed by atoms with Crippen molar-refractivity contribution in [2.75, 3.05) is 0 Å². The number of Topliss-reactive ketones (excluding diaryl/α,β-unsaturated/α-hetero) is 1. The van der Waals surface area contributed by atoms with Crippen molar-refractivity contribution in [3.8, 4) is 0 Å². The molecule has 0 aromatic heterocycles. The zero-order valence-electron chi connectivity index (χ0n) is 12.5. The van der Waals surface area contributed by atoms with E-state index in [0.717, 1.165) is 0 Å². The van der Waals surface area contributed by atoms with E-state index in [-0.39, 0.29) is 34.8 Å². The summed E-state index contributed by atoms with van der Waals surface area (Å²) in [6, 6.07) is -0.364. The highest BCUT2D eigenvalue weighted by atomic mass is 28.4. The van der Waals surface area contributed by atoms with E-state index >= 15 is 0 Å². The molecule has 1 aliphatic rings. The van der Waals surface area contributed by atoms with Crippen LogP contribution in [0.25, 0.3) is 0 Å². The van der Waals surface area contributed by atoms with Crippen LogP contribution in [0.15, 0.2) is 0 Å². The molecule has 1 unspecified atom stereocenters. The van der Waals surface area contributed by atoms with Crippen LogP contribution < -0.4 is 5.32 Å². The third-order valence-corrected chi connectivity index (χ3v) is 8.76. The quantitative estimate of drug-likeness (QED) is 0.629. The molecule has 0 aliphatic carbocycles. The van der Waals surface area contributed by atoms with Gasteiger partial charge in [0.15, 0.2) is 14.1 Å². The maximum absolute atomic E-state index is 11.6. The van der Waals surface area contributed by atoms with Crippen molar-refractivity contribution in [3.05, 3.63) is 0 Å². The molecule has 5 heteroatoms. The SMILES string of the molecule is CC(=O)[C@H]1NC(=O)[C@H]1C(C)O[Si](C)(C)C(C)(C)C. The predicted octanol–water partition coefficient (Wildman–Crippen LogP) is 2.10. The summed E-state index contributed by atoms with van der Waals surface area (Å²) < 4.78 is 6.18. The van der Waals surface area contributed by atoms with Gasteiger partial charge in [-0.25, -0.2) is 0 Å². The Morgan fingerprint density at radius 2 is 1.89 bits per heavy atom. The van der Waals surface area contributed by atoms with Crippen molar-refractivity contribution in [3.63, 3.8) is 0 Å². The van der Waals surface area contributed by atoms with E-state index in [9.17, 15) is 9.59 Å². The number of hydrogen-bond acceptors (Lipinski definition) is 3. The number of rotatable bonds is 4. The monoisotopic (exact) mass is 271 g/mol. The van der Waals surface area contributed by atoms with Crippen LogP contribution >= 0.6 is 0 Å². The second-order valence-corrected chi connectivity index (χ2v) is 11.5. The predicted molar refractivity (Wildman–Crippen MR) is 73.8 cm³/mol. The van der Waals surface area contributed by atoms with Crippen molar-refractivity contribution >= 4 is 20.0 Å². The average Bonchev–Trinajstić information content (AvgIpc) is 2.10. The summed E-state index contributed by atoms with van der Waals surface area (Å²) in [6.45, 7) is 14.2. The van der Waals surface area contributed by atoms with E-state index in [1.54, 1.807) is 0 Å². The highest BCUT2D eigenvalue weighted by Crippen LogP contribution is 2.38. The van der Waals surface area contributed by atoms with E-state index in [1.165, 1.54) is 6.92 Å². The van der Waals surface area contributed by atoms with Crippen LogP contribution in [0.2, 0.25) is 18.1 Å². The fourth-order valence-corrected chi connectivity index (χ4v) is 3.38. The van der Waals surface area contributed by atoms with E-state index in [0.29, 0.717) is 0 Å². The fraction of sp³-hybridized carbons (Fsp3) is 0.846. The lowest BCUT2D eigenvalue weighted by Crippen LogP contribution is -2.66. The Hall–Kier alpha value is -0.683. The lowest BCUT2D eigenvalue weighted by atomic mass is 9.84. The number of carbonyl (C=O) groups is 2. The first-order valence-electron chi connectivity index (χ1n) is 6.46. The smallest absolute Gasteiger partial charge is 0.228 e. The van der Waals surface area contributed by atoms with Gasteiger partial charge in [-0.05, 0) is 32.0 Å². The van der Waals surface area contributed by atoms with Crippen LogP contribution in [-0.2, 0) is 14.0 Å². The van der Waals surface area contributed by atoms with Gasteiger partial charge in [-0.15, -0.1) is 0 Å². The summed E-state index contributed by atoms with van der Waals surface area (Å²) in [7, 11) is -1.90. The Morgan fingerprint density at radius 1 is 1.39 bits per heavy atom. The van der Waals surface area contributed by atoms with Crippen LogP contribution in [0.3, 0.4) is 0 Å². The van der Waals surface area contributed by atoms with Gasteiger partial charge in [0.25, 0.3) is 0 Å². The molecule has 1 N–H and O–H groups in total. The number of carbonyl (C=O) groups excluding carboxylic acids is 2. The molecule has 0 radical (unpaired) electrons. The maximum atomic E-state index is 11.6. The topological polar surface area (TPSA) is 55.4 Å². The largest absolute Gasteiger partial charge is 0.413 e. The summed E-state index contributed by atoms with van der Waals surface area (Å²) in [6.07, 6.45) is -0.200. The normalized spacial score (nSPS) is 26.3. The molecule has 3 atom stereocenters. The van der Waals surface area contributed by atoms with Gasteiger partial charge in [-0.2, -0.15) is 0 Å². The van der Waals surface area contributed by atoms with Gasteiger partial charge in [0.2, 0.25) is 5.91 Å². The molecule has 104 valence electrons. The Morgan fingerprint density at radius 3 is 2.22 bits per heavy atom. The van der Waals surface area contributed by atoms with Crippen LogP contribution in [0.1, 0.15) is 34.6 Å². The molecule has 1 amide bonds. The standard InChI is InChI=1S/C13H25NO3Si/c1-8(15)11-10(12(16)14-11)9(2)17-18(6,7)13(3,4)5/h9-11H,1-7H3,(H,14,16)/t9?,10-,11+/m0/s1. The van der Waals surface area contributed by atoms with Crippen molar-refractivity contribution in [1.82, 2.24) is 5.32 Å². The zero-order valence-corrected chi connectivity index (χ0v) is 13.5. The third kappa shape index (κ3) is 2.83. The first-order valence-corrected chi connectivity index (χ1v) is 9.37. The molecule has 0 aromatic carbocycles.